The second-order valence-electron chi connectivity index (χ2n) is 6.71. The number of nitrogens with zero attached hydrogens (tertiary/aromatic N) is 2. The molecule has 2 aliphatic rings. The number of para-hydroxylation sites is 1. The van der Waals surface area contributed by atoms with Crippen LogP contribution >= 0.6 is 11.8 Å². The van der Waals surface area contributed by atoms with Crippen LogP contribution in [-0.2, 0) is 23.9 Å². The number of amides is 3. The van der Waals surface area contributed by atoms with E-state index in [4.69, 9.17) is 10.5 Å². The topological polar surface area (TPSA) is 110 Å². The fourth-order valence-electron chi connectivity index (χ4n) is 3.43. The summed E-state index contributed by atoms with van der Waals surface area (Å²) in [5.41, 5.74) is 6.14. The van der Waals surface area contributed by atoms with Gasteiger partial charge in [-0.05, 0) is 31.4 Å². The Labute approximate surface area is 167 Å². The summed E-state index contributed by atoms with van der Waals surface area (Å²) in [5, 5.41) is 0. The molecule has 1 atom stereocenters. The van der Waals surface area contributed by atoms with Crippen LogP contribution in [0.5, 0.6) is 0 Å². The number of hydrogen-bond donors (Lipinski definition) is 1. The number of esters is 1. The number of carbonyl (C=O) groups excluding carboxylic acids is 4. The highest BCUT2D eigenvalue weighted by Crippen LogP contribution is 2.34. The van der Waals surface area contributed by atoms with Gasteiger partial charge < -0.3 is 20.3 Å². The molecule has 1 aromatic carbocycles. The fourth-order valence-corrected chi connectivity index (χ4v) is 4.36. The zero-order valence-electron chi connectivity index (χ0n) is 15.5. The van der Waals surface area contributed by atoms with Crippen molar-refractivity contribution in [2.45, 2.75) is 36.6 Å². The Morgan fingerprint density at radius 2 is 2.00 bits per heavy atom. The molecule has 0 saturated carbocycles. The van der Waals surface area contributed by atoms with Gasteiger partial charge in [-0.3, -0.25) is 19.2 Å². The summed E-state index contributed by atoms with van der Waals surface area (Å²) >= 11 is 1.47. The molecule has 0 spiro atoms. The van der Waals surface area contributed by atoms with Crippen molar-refractivity contribution in [3.63, 3.8) is 0 Å². The van der Waals surface area contributed by atoms with Gasteiger partial charge in [-0.2, -0.15) is 0 Å². The molecule has 3 rings (SSSR count). The monoisotopic (exact) mass is 405 g/mol. The van der Waals surface area contributed by atoms with E-state index in [1.54, 1.807) is 4.90 Å². The van der Waals surface area contributed by atoms with E-state index in [9.17, 15) is 19.2 Å². The van der Waals surface area contributed by atoms with Gasteiger partial charge in [0.1, 0.15) is 6.04 Å². The first-order valence-electron chi connectivity index (χ1n) is 9.24. The highest BCUT2D eigenvalue weighted by atomic mass is 32.2. The molecule has 2 N–H and O–H groups in total. The van der Waals surface area contributed by atoms with Crippen molar-refractivity contribution in [2.24, 2.45) is 5.73 Å². The van der Waals surface area contributed by atoms with Crippen molar-refractivity contribution in [3.8, 4) is 0 Å². The Morgan fingerprint density at radius 3 is 2.79 bits per heavy atom. The summed E-state index contributed by atoms with van der Waals surface area (Å²) in [7, 11) is 0. The number of hydrogen-bond acceptors (Lipinski definition) is 6. The standard InChI is InChI=1S/C19H23N3O5S/c20-19(26)14-6-3-4-9-21(14)16(23)11-27-18(25)8-10-22-13-5-1-2-7-15(13)28-12-17(22)24/h1-2,5,7,14H,3-4,6,8-12H2,(H2,20,26)/t14-/m1/s1. The molecule has 1 saturated heterocycles. The minimum absolute atomic E-state index is 0.0166. The molecule has 9 heteroatoms. The summed E-state index contributed by atoms with van der Waals surface area (Å²) in [6.07, 6.45) is 2.14. The molecule has 1 aromatic rings. The number of likely N-dealkylation sites (tertiary alicyclic amines) is 1. The van der Waals surface area contributed by atoms with Crippen molar-refractivity contribution >= 4 is 41.1 Å². The van der Waals surface area contributed by atoms with Gasteiger partial charge in [0.05, 0.1) is 17.9 Å². The number of carbonyl (C=O) groups is 4. The predicted molar refractivity (Wildman–Crippen MR) is 104 cm³/mol. The predicted octanol–water partition coefficient (Wildman–Crippen LogP) is 0.925. The second-order valence-corrected chi connectivity index (χ2v) is 7.73. The minimum Gasteiger partial charge on any atom is -0.456 e. The number of ether oxygens (including phenoxy) is 1. The van der Waals surface area contributed by atoms with Gasteiger partial charge >= 0.3 is 5.97 Å². The van der Waals surface area contributed by atoms with Gasteiger partial charge in [-0.25, -0.2) is 0 Å². The Balaban J connectivity index is 1.50. The summed E-state index contributed by atoms with van der Waals surface area (Å²) in [6.45, 7) is 0.195. The Morgan fingerprint density at radius 1 is 1.21 bits per heavy atom. The van der Waals surface area contributed by atoms with Crippen LogP contribution in [0.1, 0.15) is 25.7 Å². The van der Waals surface area contributed by atoms with Crippen LogP contribution in [0.2, 0.25) is 0 Å². The van der Waals surface area contributed by atoms with Crippen molar-refractivity contribution in [2.75, 3.05) is 30.3 Å². The third-order valence-corrected chi connectivity index (χ3v) is 5.90. The molecular weight excluding hydrogens is 382 g/mol. The Hall–Kier alpha value is -2.55. The molecule has 0 radical (unpaired) electrons. The summed E-state index contributed by atoms with van der Waals surface area (Å²) < 4.78 is 5.07. The van der Waals surface area contributed by atoms with Crippen LogP contribution < -0.4 is 10.6 Å². The number of primary amides is 1. The lowest BCUT2D eigenvalue weighted by molar-refractivity contribution is -0.154. The number of thioether (sulfide) groups is 1. The highest BCUT2D eigenvalue weighted by molar-refractivity contribution is 8.00. The molecule has 28 heavy (non-hydrogen) atoms. The lowest BCUT2D eigenvalue weighted by Crippen LogP contribution is -2.51. The lowest BCUT2D eigenvalue weighted by Gasteiger charge is -2.33. The van der Waals surface area contributed by atoms with E-state index in [2.05, 4.69) is 0 Å². The van der Waals surface area contributed by atoms with Gasteiger partial charge in [0, 0.05) is 18.0 Å². The molecule has 0 bridgehead atoms. The van der Waals surface area contributed by atoms with Crippen LogP contribution in [0.25, 0.3) is 0 Å². The van der Waals surface area contributed by atoms with E-state index in [-0.39, 0.29) is 18.9 Å². The molecule has 2 aliphatic heterocycles. The molecular formula is C19H23N3O5S. The normalized spacial score (nSPS) is 19.1. The first kappa shape index (κ1) is 20.2. The largest absolute Gasteiger partial charge is 0.456 e. The zero-order chi connectivity index (χ0) is 20.1. The molecule has 0 unspecified atom stereocenters. The second kappa shape index (κ2) is 9.09. The lowest BCUT2D eigenvalue weighted by atomic mass is 10.0. The molecule has 3 amide bonds. The maximum atomic E-state index is 12.3. The van der Waals surface area contributed by atoms with Crippen molar-refractivity contribution in [1.29, 1.82) is 0 Å². The first-order valence-corrected chi connectivity index (χ1v) is 10.2. The van der Waals surface area contributed by atoms with Crippen molar-refractivity contribution in [3.05, 3.63) is 24.3 Å². The smallest absolute Gasteiger partial charge is 0.308 e. The van der Waals surface area contributed by atoms with E-state index >= 15 is 0 Å². The first-order chi connectivity index (χ1) is 13.5. The van der Waals surface area contributed by atoms with Gasteiger partial charge in [0.15, 0.2) is 6.61 Å². The SMILES string of the molecule is NC(=O)[C@H]1CCCCN1C(=O)COC(=O)CCN1C(=O)CSc2ccccc21. The van der Waals surface area contributed by atoms with Crippen LogP contribution in [-0.4, -0.2) is 60.1 Å². The summed E-state index contributed by atoms with van der Waals surface area (Å²) in [5.74, 6) is -1.27. The number of benzene rings is 1. The van der Waals surface area contributed by atoms with Crippen LogP contribution in [0.3, 0.4) is 0 Å². The van der Waals surface area contributed by atoms with E-state index in [0.29, 0.717) is 18.7 Å². The van der Waals surface area contributed by atoms with E-state index in [1.807, 2.05) is 24.3 Å². The number of piperidine rings is 1. The number of fused-ring (bicyclic) bond motifs is 1. The van der Waals surface area contributed by atoms with E-state index < -0.39 is 30.4 Å². The van der Waals surface area contributed by atoms with E-state index in [1.165, 1.54) is 16.7 Å². The summed E-state index contributed by atoms with van der Waals surface area (Å²) in [4.78, 5) is 52.0. The average molecular weight is 405 g/mol. The quantitative estimate of drug-likeness (QED) is 0.705. The fraction of sp³-hybridized carbons (Fsp3) is 0.474. The third-order valence-electron chi connectivity index (χ3n) is 4.86. The number of anilines is 1. The van der Waals surface area contributed by atoms with Crippen molar-refractivity contribution in [1.82, 2.24) is 4.90 Å². The average Bonchev–Trinajstić information content (AvgIpc) is 2.71. The summed E-state index contributed by atoms with van der Waals surface area (Å²) in [6, 6.07) is 6.88. The molecule has 0 aromatic heterocycles. The van der Waals surface area contributed by atoms with E-state index in [0.717, 1.165) is 23.4 Å². The number of rotatable bonds is 6. The third kappa shape index (κ3) is 4.64. The number of nitrogens with two attached hydrogens (primary N) is 1. The van der Waals surface area contributed by atoms with Gasteiger partial charge in [0.2, 0.25) is 11.8 Å². The Bertz CT molecular complexity index is 785. The highest BCUT2D eigenvalue weighted by Gasteiger charge is 2.31. The maximum absolute atomic E-state index is 12.3. The molecule has 150 valence electrons. The molecule has 0 aliphatic carbocycles. The Kier molecular flexibility index (Phi) is 6.56. The maximum Gasteiger partial charge on any atom is 0.308 e. The van der Waals surface area contributed by atoms with Crippen LogP contribution in [0, 0.1) is 0 Å². The molecule has 2 heterocycles. The van der Waals surface area contributed by atoms with Gasteiger partial charge in [0.25, 0.3) is 5.91 Å². The molecule has 8 nitrogen and oxygen atoms in total. The van der Waals surface area contributed by atoms with Crippen molar-refractivity contribution < 1.29 is 23.9 Å². The van der Waals surface area contributed by atoms with Gasteiger partial charge in [-0.15, -0.1) is 11.8 Å². The minimum atomic E-state index is -0.639. The molecule has 1 fully saturated rings. The van der Waals surface area contributed by atoms with Crippen LogP contribution in [0.4, 0.5) is 5.69 Å². The van der Waals surface area contributed by atoms with Gasteiger partial charge in [-0.1, -0.05) is 12.1 Å². The van der Waals surface area contributed by atoms with Crippen LogP contribution in [0.15, 0.2) is 29.2 Å². The zero-order valence-corrected chi connectivity index (χ0v) is 16.3.